The lowest BCUT2D eigenvalue weighted by molar-refractivity contribution is 0.0618. The van der Waals surface area contributed by atoms with Crippen LogP contribution in [0, 0.1) is 0 Å². The Labute approximate surface area is 137 Å². The highest BCUT2D eigenvalue weighted by molar-refractivity contribution is 7.89. The van der Waals surface area contributed by atoms with E-state index in [2.05, 4.69) is 0 Å². The highest BCUT2D eigenvalue weighted by Crippen LogP contribution is 2.35. The minimum atomic E-state index is -3.21. The third kappa shape index (κ3) is 4.45. The fraction of sp³-hybridized carbons (Fsp3) is 0.562. The van der Waals surface area contributed by atoms with E-state index < -0.39 is 15.6 Å². The summed E-state index contributed by atoms with van der Waals surface area (Å²) in [4.78, 5) is 12.1. The fourth-order valence-corrected chi connectivity index (χ4v) is 3.18. The van der Waals surface area contributed by atoms with Crippen LogP contribution in [0.2, 0.25) is 0 Å². The average molecular weight is 341 g/mol. The van der Waals surface area contributed by atoms with Crippen molar-refractivity contribution in [1.82, 2.24) is 4.31 Å². The first-order valence-electron chi connectivity index (χ1n) is 7.50. The number of carbonyl (C=O) groups excluding carboxylic acids is 1. The number of Topliss-reactive ketones (excluding diaryl/α,β-unsaturated/α-hetero) is 1. The van der Waals surface area contributed by atoms with Crippen molar-refractivity contribution in [3.05, 3.63) is 23.8 Å². The fourth-order valence-electron chi connectivity index (χ4n) is 2.34. The van der Waals surface area contributed by atoms with Crippen molar-refractivity contribution in [2.75, 3.05) is 26.5 Å². The normalized spacial score (nSPS) is 16.8. The van der Waals surface area contributed by atoms with Crippen LogP contribution >= 0.6 is 0 Å². The molecule has 0 amide bonds. The Bertz CT molecular complexity index is 694. The van der Waals surface area contributed by atoms with E-state index in [1.807, 2.05) is 13.8 Å². The third-order valence-electron chi connectivity index (χ3n) is 3.60. The Balaban J connectivity index is 1.97. The van der Waals surface area contributed by atoms with Crippen molar-refractivity contribution < 1.29 is 22.7 Å². The molecule has 1 heterocycles. The number of rotatable bonds is 6. The predicted octanol–water partition coefficient (Wildman–Crippen LogP) is 2.09. The highest BCUT2D eigenvalue weighted by atomic mass is 32.2. The number of ketones is 1. The van der Waals surface area contributed by atoms with Crippen molar-refractivity contribution in [2.24, 2.45) is 0 Å². The largest absolute Gasteiger partial charge is 0.493 e. The van der Waals surface area contributed by atoms with Gasteiger partial charge in [-0.25, -0.2) is 12.7 Å². The zero-order valence-corrected chi connectivity index (χ0v) is 14.8. The van der Waals surface area contributed by atoms with Crippen LogP contribution in [-0.4, -0.2) is 50.6 Å². The van der Waals surface area contributed by atoms with Crippen LogP contribution in [-0.2, 0) is 10.0 Å². The van der Waals surface area contributed by atoms with Crippen LogP contribution in [0.4, 0.5) is 0 Å². The third-order valence-corrected chi connectivity index (χ3v) is 5.51. The van der Waals surface area contributed by atoms with Gasteiger partial charge in [0.2, 0.25) is 10.0 Å². The van der Waals surface area contributed by atoms with Crippen molar-refractivity contribution >= 4 is 15.8 Å². The molecule has 0 aromatic heterocycles. The van der Waals surface area contributed by atoms with Crippen molar-refractivity contribution in [3.63, 3.8) is 0 Å². The second-order valence-electron chi connectivity index (χ2n) is 6.42. The van der Waals surface area contributed by atoms with E-state index in [9.17, 15) is 13.2 Å². The summed E-state index contributed by atoms with van der Waals surface area (Å²) < 4.78 is 35.9. The Hall–Kier alpha value is -1.60. The molecule has 0 saturated carbocycles. The molecule has 0 saturated heterocycles. The number of fused-ring (bicyclic) bond motifs is 1. The summed E-state index contributed by atoms with van der Waals surface area (Å²) in [6, 6.07) is 5.09. The molecule has 0 radical (unpaired) electrons. The molecule has 0 fully saturated rings. The van der Waals surface area contributed by atoms with Gasteiger partial charge in [-0.2, -0.15) is 0 Å². The molecule has 128 valence electrons. The second-order valence-corrected chi connectivity index (χ2v) is 8.72. The first kappa shape index (κ1) is 17.7. The SMILES string of the molecule is CN(C)S(=O)(=O)CCCOc1ccc2c(c1)OC(C)(C)CC2=O. The molecule has 1 aliphatic rings. The molecule has 0 spiro atoms. The molecule has 0 atom stereocenters. The quantitative estimate of drug-likeness (QED) is 0.741. The van der Waals surface area contributed by atoms with Crippen molar-refractivity contribution in [3.8, 4) is 11.5 Å². The molecule has 2 rings (SSSR count). The maximum atomic E-state index is 12.1. The van der Waals surface area contributed by atoms with Gasteiger partial charge in [-0.1, -0.05) is 0 Å². The molecule has 1 aromatic rings. The Kier molecular flexibility index (Phi) is 5.01. The minimum absolute atomic E-state index is 0.0347. The number of ether oxygens (including phenoxy) is 2. The van der Waals surface area contributed by atoms with E-state index in [0.717, 1.165) is 0 Å². The Morgan fingerprint density at radius 2 is 2.00 bits per heavy atom. The lowest BCUT2D eigenvalue weighted by Gasteiger charge is -2.31. The first-order valence-corrected chi connectivity index (χ1v) is 9.11. The molecule has 7 heteroatoms. The summed E-state index contributed by atoms with van der Waals surface area (Å²) in [6.07, 6.45) is 0.742. The lowest BCUT2D eigenvalue weighted by atomic mass is 9.93. The van der Waals surface area contributed by atoms with Gasteiger partial charge in [-0.05, 0) is 32.4 Å². The average Bonchev–Trinajstić information content (AvgIpc) is 2.41. The van der Waals surface area contributed by atoms with Gasteiger partial charge in [0.05, 0.1) is 24.3 Å². The second kappa shape index (κ2) is 6.49. The summed E-state index contributed by atoms with van der Waals surface area (Å²) in [6.45, 7) is 4.02. The first-order chi connectivity index (χ1) is 10.6. The van der Waals surface area contributed by atoms with E-state index >= 15 is 0 Å². The number of nitrogens with zero attached hydrogens (tertiary/aromatic N) is 1. The molecule has 1 aliphatic heterocycles. The molecule has 0 aliphatic carbocycles. The van der Waals surface area contributed by atoms with Gasteiger partial charge < -0.3 is 9.47 Å². The molecule has 1 aromatic carbocycles. The van der Waals surface area contributed by atoms with E-state index in [0.29, 0.717) is 29.9 Å². The molecule has 0 unspecified atom stereocenters. The number of carbonyl (C=O) groups is 1. The van der Waals surface area contributed by atoms with Crippen LogP contribution in [0.1, 0.15) is 37.0 Å². The summed E-state index contributed by atoms with van der Waals surface area (Å²) in [7, 11) is -0.186. The molecule has 0 bridgehead atoms. The van der Waals surface area contributed by atoms with Crippen LogP contribution < -0.4 is 9.47 Å². The van der Waals surface area contributed by atoms with Gasteiger partial charge in [-0.3, -0.25) is 4.79 Å². The van der Waals surface area contributed by atoms with Gasteiger partial charge in [-0.15, -0.1) is 0 Å². The Morgan fingerprint density at radius 3 is 2.65 bits per heavy atom. The number of sulfonamides is 1. The number of hydrogen-bond acceptors (Lipinski definition) is 5. The molecular formula is C16H23NO5S. The monoisotopic (exact) mass is 341 g/mol. The molecule has 0 N–H and O–H groups in total. The van der Waals surface area contributed by atoms with Gasteiger partial charge in [0.15, 0.2) is 5.78 Å². The molecule has 6 nitrogen and oxygen atoms in total. The van der Waals surface area contributed by atoms with Gasteiger partial charge in [0.25, 0.3) is 0 Å². The summed E-state index contributed by atoms with van der Waals surface area (Å²) in [5, 5.41) is 0. The van der Waals surface area contributed by atoms with E-state index in [1.54, 1.807) is 18.2 Å². The van der Waals surface area contributed by atoms with Crippen molar-refractivity contribution in [2.45, 2.75) is 32.3 Å². The van der Waals surface area contributed by atoms with Crippen molar-refractivity contribution in [1.29, 1.82) is 0 Å². The number of hydrogen-bond donors (Lipinski definition) is 0. The van der Waals surface area contributed by atoms with E-state index in [-0.39, 0.29) is 18.1 Å². The van der Waals surface area contributed by atoms with Gasteiger partial charge in [0, 0.05) is 20.2 Å². The molecule has 23 heavy (non-hydrogen) atoms. The van der Waals surface area contributed by atoms with E-state index in [1.165, 1.54) is 18.4 Å². The highest BCUT2D eigenvalue weighted by Gasteiger charge is 2.32. The number of benzene rings is 1. The summed E-state index contributed by atoms with van der Waals surface area (Å²) in [5.74, 6) is 1.17. The van der Waals surface area contributed by atoms with Crippen LogP contribution in [0.25, 0.3) is 0 Å². The Morgan fingerprint density at radius 1 is 1.30 bits per heavy atom. The predicted molar refractivity (Wildman–Crippen MR) is 87.7 cm³/mol. The van der Waals surface area contributed by atoms with E-state index in [4.69, 9.17) is 9.47 Å². The maximum Gasteiger partial charge on any atom is 0.213 e. The van der Waals surface area contributed by atoms with Crippen LogP contribution in [0.5, 0.6) is 11.5 Å². The van der Waals surface area contributed by atoms with Crippen LogP contribution in [0.3, 0.4) is 0 Å². The lowest BCUT2D eigenvalue weighted by Crippen LogP contribution is -2.35. The summed E-state index contributed by atoms with van der Waals surface area (Å²) in [5.41, 5.74) is 0.0366. The van der Waals surface area contributed by atoms with Crippen LogP contribution in [0.15, 0.2) is 18.2 Å². The zero-order valence-electron chi connectivity index (χ0n) is 14.0. The standard InChI is InChI=1S/C16H23NO5S/c1-16(2)11-14(18)13-7-6-12(10-15(13)22-16)21-8-5-9-23(19,20)17(3)4/h6-7,10H,5,8-9,11H2,1-4H3. The topological polar surface area (TPSA) is 72.9 Å². The minimum Gasteiger partial charge on any atom is -0.493 e. The smallest absolute Gasteiger partial charge is 0.213 e. The summed E-state index contributed by atoms with van der Waals surface area (Å²) >= 11 is 0. The van der Waals surface area contributed by atoms with Gasteiger partial charge >= 0.3 is 0 Å². The molecular weight excluding hydrogens is 318 g/mol. The van der Waals surface area contributed by atoms with Gasteiger partial charge in [0.1, 0.15) is 17.1 Å². The zero-order chi connectivity index (χ0) is 17.3. The maximum absolute atomic E-state index is 12.1.